The van der Waals surface area contributed by atoms with Gasteiger partial charge in [0.1, 0.15) is 6.61 Å². The van der Waals surface area contributed by atoms with Gasteiger partial charge in [0.2, 0.25) is 0 Å². The molecule has 2 aliphatic rings. The van der Waals surface area contributed by atoms with Gasteiger partial charge >= 0.3 is 6.09 Å². The summed E-state index contributed by atoms with van der Waals surface area (Å²) in [5.41, 5.74) is 0.864. The molecule has 0 aromatic carbocycles. The summed E-state index contributed by atoms with van der Waals surface area (Å²) in [5, 5.41) is 3.41. The van der Waals surface area contributed by atoms with Gasteiger partial charge in [-0.15, -0.1) is 0 Å². The predicted molar refractivity (Wildman–Crippen MR) is 98.1 cm³/mol. The van der Waals surface area contributed by atoms with Crippen molar-refractivity contribution in [2.75, 3.05) is 39.8 Å². The van der Waals surface area contributed by atoms with Crippen molar-refractivity contribution in [1.29, 1.82) is 0 Å². The molecule has 1 amide bonds. The highest BCUT2D eigenvalue weighted by Gasteiger charge is 2.34. The molecule has 1 atom stereocenters. The van der Waals surface area contributed by atoms with Gasteiger partial charge in [-0.3, -0.25) is 0 Å². The summed E-state index contributed by atoms with van der Waals surface area (Å²) in [4.78, 5) is 17.2. The van der Waals surface area contributed by atoms with Gasteiger partial charge in [-0.25, -0.2) is 4.79 Å². The Labute approximate surface area is 146 Å². The van der Waals surface area contributed by atoms with Crippen LogP contribution in [0.4, 0.5) is 4.79 Å². The highest BCUT2D eigenvalue weighted by Crippen LogP contribution is 2.22. The van der Waals surface area contributed by atoms with Gasteiger partial charge in [-0.1, -0.05) is 31.4 Å². The van der Waals surface area contributed by atoms with Crippen LogP contribution >= 0.6 is 0 Å². The molecule has 0 saturated carbocycles. The Hall–Kier alpha value is -1.59. The van der Waals surface area contributed by atoms with Crippen molar-refractivity contribution in [2.45, 2.75) is 37.8 Å². The zero-order chi connectivity index (χ0) is 17.4. The molecule has 0 bridgehead atoms. The topological polar surface area (TPSA) is 44.8 Å². The van der Waals surface area contributed by atoms with E-state index < -0.39 is 0 Å². The molecule has 0 aromatic heterocycles. The van der Waals surface area contributed by atoms with Crippen molar-refractivity contribution in [3.8, 4) is 0 Å². The number of hydrogen-bond acceptors (Lipinski definition) is 4. The highest BCUT2D eigenvalue weighted by molar-refractivity contribution is 5.69. The summed E-state index contributed by atoms with van der Waals surface area (Å²) in [6.07, 6.45) is 9.19. The van der Waals surface area contributed by atoms with Crippen LogP contribution in [0.2, 0.25) is 0 Å². The zero-order valence-corrected chi connectivity index (χ0v) is 14.9. The standard InChI is InChI=1S/C19H31N3O2/c1-4-7-16(5-2)15-24-19(23)22(18-8-6-11-20-14-18)17-9-12-21(3)13-10-17/h4-5,7,17-18,20H,1-2,6,8-15H2,3H3/b16-7+/t18-/m0/s1. The molecule has 0 radical (unpaired) electrons. The molecule has 2 saturated heterocycles. The molecule has 2 rings (SSSR count). The fourth-order valence-corrected chi connectivity index (χ4v) is 3.49. The number of ether oxygens (including phenoxy) is 1. The van der Waals surface area contributed by atoms with Crippen molar-refractivity contribution in [1.82, 2.24) is 15.1 Å². The molecule has 0 spiro atoms. The number of hydrogen-bond donors (Lipinski definition) is 1. The monoisotopic (exact) mass is 333 g/mol. The zero-order valence-electron chi connectivity index (χ0n) is 14.9. The lowest BCUT2D eigenvalue weighted by atomic mass is 9.98. The van der Waals surface area contributed by atoms with E-state index in [0.29, 0.717) is 0 Å². The number of nitrogens with zero attached hydrogens (tertiary/aromatic N) is 2. The van der Waals surface area contributed by atoms with Gasteiger partial charge in [0, 0.05) is 18.6 Å². The van der Waals surface area contributed by atoms with E-state index in [9.17, 15) is 4.79 Å². The summed E-state index contributed by atoms with van der Waals surface area (Å²) < 4.78 is 5.60. The summed E-state index contributed by atoms with van der Waals surface area (Å²) in [6.45, 7) is 11.6. The first-order valence-corrected chi connectivity index (χ1v) is 8.94. The van der Waals surface area contributed by atoms with E-state index in [0.717, 1.165) is 57.4 Å². The molecule has 0 unspecified atom stereocenters. The quantitative estimate of drug-likeness (QED) is 0.759. The Bertz CT molecular complexity index is 461. The van der Waals surface area contributed by atoms with E-state index >= 15 is 0 Å². The Morgan fingerprint density at radius 3 is 2.62 bits per heavy atom. The molecule has 5 heteroatoms. The van der Waals surface area contributed by atoms with E-state index in [1.807, 2.05) is 11.0 Å². The molecule has 24 heavy (non-hydrogen) atoms. The molecular formula is C19H31N3O2. The van der Waals surface area contributed by atoms with E-state index in [1.165, 1.54) is 0 Å². The minimum absolute atomic E-state index is 0.199. The first-order valence-electron chi connectivity index (χ1n) is 8.94. The molecule has 1 N–H and O–H groups in total. The molecule has 0 aliphatic carbocycles. The fourth-order valence-electron chi connectivity index (χ4n) is 3.49. The maximum absolute atomic E-state index is 12.8. The van der Waals surface area contributed by atoms with Gasteiger partial charge in [0.05, 0.1) is 0 Å². The molecule has 2 heterocycles. The average molecular weight is 333 g/mol. The first kappa shape index (κ1) is 18.7. The SMILES string of the molecule is C=C/C=C(\C=C)COC(=O)N(C1CCN(C)CC1)[C@H]1CCCNC1. The minimum atomic E-state index is -0.199. The second kappa shape index (κ2) is 9.64. The summed E-state index contributed by atoms with van der Waals surface area (Å²) in [5.74, 6) is 0. The van der Waals surface area contributed by atoms with Crippen LogP contribution in [0.5, 0.6) is 0 Å². The van der Waals surface area contributed by atoms with Crippen molar-refractivity contribution in [2.24, 2.45) is 0 Å². The highest BCUT2D eigenvalue weighted by atomic mass is 16.6. The largest absolute Gasteiger partial charge is 0.445 e. The number of likely N-dealkylation sites (tertiary alicyclic amines) is 1. The van der Waals surface area contributed by atoms with E-state index in [-0.39, 0.29) is 24.8 Å². The predicted octanol–water partition coefficient (Wildman–Crippen LogP) is 2.57. The van der Waals surface area contributed by atoms with E-state index in [2.05, 4.69) is 30.4 Å². The maximum Gasteiger partial charge on any atom is 0.410 e. The van der Waals surface area contributed by atoms with E-state index in [4.69, 9.17) is 4.74 Å². The summed E-state index contributed by atoms with van der Waals surface area (Å²) in [7, 11) is 2.14. The average Bonchev–Trinajstić information content (AvgIpc) is 2.61. The normalized spacial score (nSPS) is 23.5. The number of allylic oxidation sites excluding steroid dienone is 2. The van der Waals surface area contributed by atoms with Gasteiger partial charge in [-0.2, -0.15) is 0 Å². The van der Waals surface area contributed by atoms with Crippen LogP contribution in [-0.4, -0.2) is 67.8 Å². The third-order valence-electron chi connectivity index (χ3n) is 4.91. The Morgan fingerprint density at radius 1 is 1.29 bits per heavy atom. The van der Waals surface area contributed by atoms with Crippen molar-refractivity contribution in [3.63, 3.8) is 0 Å². The molecule has 2 aliphatic heterocycles. The Balaban J connectivity index is 2.03. The van der Waals surface area contributed by atoms with Crippen LogP contribution < -0.4 is 5.32 Å². The second-order valence-electron chi connectivity index (χ2n) is 6.68. The molecule has 0 aromatic rings. The lowest BCUT2D eigenvalue weighted by Gasteiger charge is -2.42. The maximum atomic E-state index is 12.8. The second-order valence-corrected chi connectivity index (χ2v) is 6.68. The first-order chi connectivity index (χ1) is 11.7. The van der Waals surface area contributed by atoms with Gasteiger partial charge in [-0.05, 0) is 57.9 Å². The van der Waals surface area contributed by atoms with Gasteiger partial charge in [0.25, 0.3) is 0 Å². The lowest BCUT2D eigenvalue weighted by Crippen LogP contribution is -2.55. The number of amides is 1. The smallest absolute Gasteiger partial charge is 0.410 e. The third-order valence-corrected chi connectivity index (χ3v) is 4.91. The van der Waals surface area contributed by atoms with Crippen LogP contribution in [-0.2, 0) is 4.74 Å². The van der Waals surface area contributed by atoms with Gasteiger partial charge in [0.15, 0.2) is 0 Å². The minimum Gasteiger partial charge on any atom is -0.445 e. The summed E-state index contributed by atoms with van der Waals surface area (Å²) in [6, 6.07) is 0.504. The molecular weight excluding hydrogens is 302 g/mol. The number of rotatable bonds is 6. The van der Waals surface area contributed by atoms with E-state index in [1.54, 1.807) is 12.2 Å². The van der Waals surface area contributed by atoms with Crippen LogP contribution in [0.15, 0.2) is 37.0 Å². The van der Waals surface area contributed by atoms with Crippen molar-refractivity contribution in [3.05, 3.63) is 37.0 Å². The number of carbonyl (C=O) groups excluding carboxylic acids is 1. The lowest BCUT2D eigenvalue weighted by molar-refractivity contribution is 0.0454. The van der Waals surface area contributed by atoms with Crippen molar-refractivity contribution >= 4 is 6.09 Å². The Morgan fingerprint density at radius 2 is 2.04 bits per heavy atom. The molecule has 134 valence electrons. The number of carbonyl (C=O) groups is 1. The number of nitrogens with one attached hydrogen (secondary N) is 1. The third kappa shape index (κ3) is 5.21. The summed E-state index contributed by atoms with van der Waals surface area (Å²) >= 11 is 0. The van der Waals surface area contributed by atoms with Crippen LogP contribution in [0.3, 0.4) is 0 Å². The van der Waals surface area contributed by atoms with Gasteiger partial charge < -0.3 is 19.9 Å². The van der Waals surface area contributed by atoms with Crippen LogP contribution in [0.25, 0.3) is 0 Å². The number of piperidine rings is 2. The fraction of sp³-hybridized carbons (Fsp3) is 0.632. The van der Waals surface area contributed by atoms with Crippen molar-refractivity contribution < 1.29 is 9.53 Å². The van der Waals surface area contributed by atoms with Crippen LogP contribution in [0.1, 0.15) is 25.7 Å². The Kier molecular flexibility index (Phi) is 7.53. The molecule has 2 fully saturated rings. The van der Waals surface area contributed by atoms with Crippen LogP contribution in [0, 0.1) is 0 Å². The molecule has 5 nitrogen and oxygen atoms in total.